The van der Waals surface area contributed by atoms with E-state index in [9.17, 15) is 27.2 Å². The summed E-state index contributed by atoms with van der Waals surface area (Å²) in [5.41, 5.74) is -2.41. The van der Waals surface area contributed by atoms with Gasteiger partial charge in [0.15, 0.2) is 5.69 Å². The van der Waals surface area contributed by atoms with Crippen molar-refractivity contribution in [3.05, 3.63) is 76.3 Å². The molecular formula is C22H19ClF4N4O2. The topological polar surface area (TPSA) is 67.2 Å². The third-order valence-electron chi connectivity index (χ3n) is 4.87. The van der Waals surface area contributed by atoms with Crippen LogP contribution >= 0.6 is 11.6 Å². The van der Waals surface area contributed by atoms with E-state index in [0.717, 1.165) is 12.1 Å². The number of hydrogen-bond acceptors (Lipinski definition) is 3. The van der Waals surface area contributed by atoms with Crippen molar-refractivity contribution in [2.75, 3.05) is 18.4 Å². The maximum Gasteiger partial charge on any atom is 0.434 e. The number of amides is 2. The third kappa shape index (κ3) is 5.00. The molecule has 0 saturated carbocycles. The summed E-state index contributed by atoms with van der Waals surface area (Å²) in [6.07, 6.45) is -4.28. The molecule has 0 radical (unpaired) electrons. The second-order valence-corrected chi connectivity index (χ2v) is 7.30. The van der Waals surface area contributed by atoms with Crippen molar-refractivity contribution in [1.29, 1.82) is 0 Å². The van der Waals surface area contributed by atoms with Gasteiger partial charge in [0.2, 0.25) is 0 Å². The number of halogens is 5. The number of rotatable bonds is 6. The molecule has 0 fully saturated rings. The molecule has 0 aliphatic heterocycles. The number of hydrogen-bond donors (Lipinski definition) is 1. The molecule has 33 heavy (non-hydrogen) atoms. The maximum absolute atomic E-state index is 14.1. The van der Waals surface area contributed by atoms with Crippen LogP contribution in [-0.4, -0.2) is 39.6 Å². The van der Waals surface area contributed by atoms with E-state index in [-0.39, 0.29) is 22.2 Å². The van der Waals surface area contributed by atoms with Crippen molar-refractivity contribution < 1.29 is 27.2 Å². The lowest BCUT2D eigenvalue weighted by atomic mass is 10.1. The first-order chi connectivity index (χ1) is 15.6. The van der Waals surface area contributed by atoms with Gasteiger partial charge in [0.25, 0.3) is 11.8 Å². The summed E-state index contributed by atoms with van der Waals surface area (Å²) < 4.78 is 55.8. The molecule has 174 valence electrons. The largest absolute Gasteiger partial charge is 0.434 e. The Morgan fingerprint density at radius 1 is 1.09 bits per heavy atom. The van der Waals surface area contributed by atoms with Gasteiger partial charge in [-0.3, -0.25) is 9.59 Å². The van der Waals surface area contributed by atoms with Crippen molar-refractivity contribution in [2.24, 2.45) is 0 Å². The van der Waals surface area contributed by atoms with E-state index in [0.29, 0.717) is 24.0 Å². The summed E-state index contributed by atoms with van der Waals surface area (Å²) in [6, 6.07) is 8.78. The second kappa shape index (κ2) is 9.62. The Kier molecular flexibility index (Phi) is 7.06. The van der Waals surface area contributed by atoms with Crippen molar-refractivity contribution in [3.8, 4) is 5.69 Å². The number of aromatic nitrogens is 2. The minimum Gasteiger partial charge on any atom is -0.339 e. The molecule has 3 rings (SSSR count). The van der Waals surface area contributed by atoms with Crippen LogP contribution in [0.15, 0.2) is 48.7 Å². The first-order valence-electron chi connectivity index (χ1n) is 9.88. The standard InChI is InChI=1S/C22H19ClF4N4O2/c1-3-30(4-2)21(33)14-10-9-13(11-16(14)23)29-20(32)15-12-28-31(19(15)22(25,26)27)18-8-6-5-7-17(18)24/h5-12H,3-4H2,1-2H3,(H,29,32). The number of nitrogens with one attached hydrogen (secondary N) is 1. The van der Waals surface area contributed by atoms with E-state index in [4.69, 9.17) is 11.6 Å². The Labute approximate surface area is 191 Å². The highest BCUT2D eigenvalue weighted by Crippen LogP contribution is 2.34. The molecule has 0 aliphatic carbocycles. The zero-order valence-electron chi connectivity index (χ0n) is 17.6. The normalized spacial score (nSPS) is 11.4. The van der Waals surface area contributed by atoms with Crippen LogP contribution in [0, 0.1) is 5.82 Å². The molecule has 6 nitrogen and oxygen atoms in total. The van der Waals surface area contributed by atoms with Gasteiger partial charge in [-0.1, -0.05) is 23.7 Å². The molecule has 0 bridgehead atoms. The molecule has 0 saturated heterocycles. The number of nitrogens with zero attached hydrogens (tertiary/aromatic N) is 3. The van der Waals surface area contributed by atoms with E-state index in [1.165, 1.54) is 30.3 Å². The van der Waals surface area contributed by atoms with Crippen LogP contribution < -0.4 is 5.32 Å². The number of para-hydroxylation sites is 1. The Hall–Kier alpha value is -3.40. The molecular weight excluding hydrogens is 464 g/mol. The van der Waals surface area contributed by atoms with Crippen LogP contribution in [0.2, 0.25) is 5.02 Å². The minimum atomic E-state index is -5.00. The van der Waals surface area contributed by atoms with Crippen molar-refractivity contribution in [3.63, 3.8) is 0 Å². The van der Waals surface area contributed by atoms with Gasteiger partial charge < -0.3 is 10.2 Å². The highest BCUT2D eigenvalue weighted by Gasteiger charge is 2.41. The molecule has 3 aromatic rings. The Morgan fingerprint density at radius 3 is 2.33 bits per heavy atom. The summed E-state index contributed by atoms with van der Waals surface area (Å²) in [6.45, 7) is 4.56. The third-order valence-corrected chi connectivity index (χ3v) is 5.18. The van der Waals surface area contributed by atoms with Gasteiger partial charge in [-0.25, -0.2) is 9.07 Å². The SMILES string of the molecule is CCN(CC)C(=O)c1ccc(NC(=O)c2cnn(-c3ccccc3F)c2C(F)(F)F)cc1Cl. The van der Waals surface area contributed by atoms with Gasteiger partial charge in [-0.05, 0) is 44.2 Å². The molecule has 2 aromatic carbocycles. The predicted molar refractivity (Wildman–Crippen MR) is 115 cm³/mol. The van der Waals surface area contributed by atoms with Crippen molar-refractivity contribution >= 4 is 29.1 Å². The quantitative estimate of drug-likeness (QED) is 0.477. The van der Waals surface area contributed by atoms with Crippen LogP contribution in [0.5, 0.6) is 0 Å². The van der Waals surface area contributed by atoms with Crippen LogP contribution in [0.3, 0.4) is 0 Å². The maximum atomic E-state index is 14.1. The van der Waals surface area contributed by atoms with E-state index in [1.54, 1.807) is 4.90 Å². The summed E-state index contributed by atoms with van der Waals surface area (Å²) in [5, 5.41) is 5.94. The van der Waals surface area contributed by atoms with Gasteiger partial charge in [-0.15, -0.1) is 0 Å². The minimum absolute atomic E-state index is 0.0304. The van der Waals surface area contributed by atoms with E-state index in [2.05, 4.69) is 10.4 Å². The Balaban J connectivity index is 1.93. The number of alkyl halides is 3. The highest BCUT2D eigenvalue weighted by molar-refractivity contribution is 6.34. The Morgan fingerprint density at radius 2 is 1.76 bits per heavy atom. The smallest absolute Gasteiger partial charge is 0.339 e. The first kappa shape index (κ1) is 24.2. The number of anilines is 1. The van der Waals surface area contributed by atoms with Gasteiger partial charge in [0, 0.05) is 18.8 Å². The lowest BCUT2D eigenvalue weighted by Crippen LogP contribution is -2.30. The number of benzene rings is 2. The van der Waals surface area contributed by atoms with Crippen LogP contribution in [0.25, 0.3) is 5.69 Å². The van der Waals surface area contributed by atoms with Crippen LogP contribution in [0.4, 0.5) is 23.2 Å². The molecule has 11 heteroatoms. The zero-order valence-corrected chi connectivity index (χ0v) is 18.3. The fraction of sp³-hybridized carbons (Fsp3) is 0.227. The molecule has 2 amide bonds. The van der Waals surface area contributed by atoms with Gasteiger partial charge in [0.1, 0.15) is 11.5 Å². The molecule has 1 N–H and O–H groups in total. The Bertz CT molecular complexity index is 1190. The van der Waals surface area contributed by atoms with Crippen LogP contribution in [-0.2, 0) is 6.18 Å². The molecule has 0 atom stereocenters. The summed E-state index contributed by atoms with van der Waals surface area (Å²) in [4.78, 5) is 26.7. The molecule has 0 unspecified atom stereocenters. The lowest BCUT2D eigenvalue weighted by Gasteiger charge is -2.19. The van der Waals surface area contributed by atoms with E-state index < -0.39 is 34.8 Å². The number of carbonyl (C=O) groups is 2. The monoisotopic (exact) mass is 482 g/mol. The van der Waals surface area contributed by atoms with Gasteiger partial charge in [0.05, 0.1) is 22.3 Å². The van der Waals surface area contributed by atoms with Crippen molar-refractivity contribution in [2.45, 2.75) is 20.0 Å². The predicted octanol–water partition coefficient (Wildman–Crippen LogP) is 5.42. The fourth-order valence-corrected chi connectivity index (χ4v) is 3.50. The van der Waals surface area contributed by atoms with E-state index in [1.807, 2.05) is 13.8 Å². The molecule has 0 spiro atoms. The van der Waals surface area contributed by atoms with Crippen molar-refractivity contribution in [1.82, 2.24) is 14.7 Å². The molecule has 0 aliphatic rings. The molecule has 1 aromatic heterocycles. The van der Waals surface area contributed by atoms with E-state index >= 15 is 0 Å². The summed E-state index contributed by atoms with van der Waals surface area (Å²) in [5.74, 6) is -2.37. The van der Waals surface area contributed by atoms with Gasteiger partial charge >= 0.3 is 6.18 Å². The average Bonchev–Trinajstić information content (AvgIpc) is 3.21. The highest BCUT2D eigenvalue weighted by atomic mass is 35.5. The second-order valence-electron chi connectivity index (χ2n) is 6.89. The first-order valence-corrected chi connectivity index (χ1v) is 10.3. The lowest BCUT2D eigenvalue weighted by molar-refractivity contribution is -0.143. The molecule has 1 heterocycles. The number of carbonyl (C=O) groups excluding carboxylic acids is 2. The summed E-state index contributed by atoms with van der Waals surface area (Å²) in [7, 11) is 0. The fourth-order valence-electron chi connectivity index (χ4n) is 3.24. The van der Waals surface area contributed by atoms with Crippen LogP contribution in [0.1, 0.15) is 40.3 Å². The summed E-state index contributed by atoms with van der Waals surface area (Å²) >= 11 is 6.18. The zero-order chi connectivity index (χ0) is 24.3. The van der Waals surface area contributed by atoms with Gasteiger partial charge in [-0.2, -0.15) is 18.3 Å². The average molecular weight is 483 g/mol.